The Kier molecular flexibility index (Phi) is 6.84. The van der Waals surface area contributed by atoms with Crippen LogP contribution in [0.4, 0.5) is 5.69 Å². The van der Waals surface area contributed by atoms with E-state index in [0.717, 1.165) is 31.4 Å². The van der Waals surface area contributed by atoms with Crippen molar-refractivity contribution >= 4 is 21.6 Å². The van der Waals surface area contributed by atoms with Gasteiger partial charge in [-0.3, -0.25) is 4.79 Å². The molecule has 140 valence electrons. The summed E-state index contributed by atoms with van der Waals surface area (Å²) in [5.74, 6) is -0.173. The Morgan fingerprint density at radius 1 is 1.24 bits per heavy atom. The third kappa shape index (κ3) is 5.71. The van der Waals surface area contributed by atoms with Gasteiger partial charge in [-0.15, -0.1) is 0 Å². The van der Waals surface area contributed by atoms with Crippen LogP contribution in [0.25, 0.3) is 0 Å². The van der Waals surface area contributed by atoms with Gasteiger partial charge >= 0.3 is 0 Å². The van der Waals surface area contributed by atoms with E-state index in [-0.39, 0.29) is 5.91 Å². The number of carbonyl (C=O) groups excluding carboxylic acids is 1. The quantitative estimate of drug-likeness (QED) is 0.744. The van der Waals surface area contributed by atoms with Crippen LogP contribution in [0.15, 0.2) is 24.3 Å². The first-order valence-electron chi connectivity index (χ1n) is 8.80. The highest BCUT2D eigenvalue weighted by Crippen LogP contribution is 2.20. The molecular formula is C18H29N3O3S. The third-order valence-corrected chi connectivity index (χ3v) is 5.87. The van der Waals surface area contributed by atoms with Crippen LogP contribution in [0, 0.1) is 0 Å². The summed E-state index contributed by atoms with van der Waals surface area (Å²) in [7, 11) is 0.683. The second-order valence-electron chi connectivity index (χ2n) is 6.84. The summed E-state index contributed by atoms with van der Waals surface area (Å²) in [6, 6.07) is 7.82. The highest BCUT2D eigenvalue weighted by molar-refractivity contribution is 7.88. The highest BCUT2D eigenvalue weighted by Gasteiger charge is 2.34. The zero-order valence-electron chi connectivity index (χ0n) is 15.4. The van der Waals surface area contributed by atoms with Gasteiger partial charge < -0.3 is 10.2 Å². The van der Waals surface area contributed by atoms with Crippen molar-refractivity contribution < 1.29 is 13.2 Å². The summed E-state index contributed by atoms with van der Waals surface area (Å²) < 4.78 is 25.0. The van der Waals surface area contributed by atoms with Crippen molar-refractivity contribution in [2.75, 3.05) is 38.3 Å². The van der Waals surface area contributed by atoms with Crippen molar-refractivity contribution in [3.05, 3.63) is 29.8 Å². The Labute approximate surface area is 151 Å². The number of sulfonamides is 1. The monoisotopic (exact) mass is 367 g/mol. The molecule has 0 spiro atoms. The molecule has 1 aromatic carbocycles. The van der Waals surface area contributed by atoms with Crippen molar-refractivity contribution in [1.82, 2.24) is 9.62 Å². The van der Waals surface area contributed by atoms with Crippen LogP contribution in [0.2, 0.25) is 0 Å². The number of carbonyl (C=O) groups is 1. The van der Waals surface area contributed by atoms with Crippen molar-refractivity contribution in [3.8, 4) is 0 Å². The van der Waals surface area contributed by atoms with Crippen molar-refractivity contribution in [3.63, 3.8) is 0 Å². The first kappa shape index (κ1) is 19.7. The molecule has 1 saturated heterocycles. The Bertz CT molecular complexity index is 671. The van der Waals surface area contributed by atoms with Gasteiger partial charge in [0.25, 0.3) is 0 Å². The van der Waals surface area contributed by atoms with E-state index in [1.54, 1.807) is 0 Å². The summed E-state index contributed by atoms with van der Waals surface area (Å²) in [6.45, 7) is 0.998. The molecule has 2 rings (SSSR count). The Hall–Kier alpha value is -1.60. The molecule has 1 aliphatic heterocycles. The van der Waals surface area contributed by atoms with Crippen LogP contribution in [0.5, 0.6) is 0 Å². The predicted molar refractivity (Wildman–Crippen MR) is 101 cm³/mol. The minimum atomic E-state index is -3.34. The standard InChI is InChI=1S/C18H29N3O3S/c1-20(2)16-11-9-15(10-12-16)7-6-13-19-18(22)17-8-4-5-14-21(17)25(3,23)24/h9-12,17H,4-8,13-14H2,1-3H3,(H,19,22). The van der Waals surface area contributed by atoms with Crippen LogP contribution >= 0.6 is 0 Å². The summed E-state index contributed by atoms with van der Waals surface area (Å²) in [5.41, 5.74) is 2.39. The Morgan fingerprint density at radius 3 is 2.52 bits per heavy atom. The fourth-order valence-electron chi connectivity index (χ4n) is 3.15. The molecule has 6 nitrogen and oxygen atoms in total. The number of nitrogens with one attached hydrogen (secondary N) is 1. The average molecular weight is 368 g/mol. The highest BCUT2D eigenvalue weighted by atomic mass is 32.2. The third-order valence-electron chi connectivity index (χ3n) is 4.58. The molecule has 1 N–H and O–H groups in total. The second-order valence-corrected chi connectivity index (χ2v) is 8.78. The van der Waals surface area contributed by atoms with Crippen LogP contribution < -0.4 is 10.2 Å². The van der Waals surface area contributed by atoms with Gasteiger partial charge in [-0.2, -0.15) is 4.31 Å². The van der Waals surface area contributed by atoms with E-state index in [1.807, 2.05) is 14.1 Å². The first-order chi connectivity index (χ1) is 11.8. The van der Waals surface area contributed by atoms with Crippen molar-refractivity contribution in [2.24, 2.45) is 0 Å². The van der Waals surface area contributed by atoms with E-state index < -0.39 is 16.1 Å². The van der Waals surface area contributed by atoms with E-state index in [0.29, 0.717) is 19.5 Å². The number of amides is 1. The normalized spacial score (nSPS) is 18.8. The Morgan fingerprint density at radius 2 is 1.92 bits per heavy atom. The first-order valence-corrected chi connectivity index (χ1v) is 10.6. The minimum Gasteiger partial charge on any atom is -0.378 e. The van der Waals surface area contributed by atoms with E-state index >= 15 is 0 Å². The molecule has 0 radical (unpaired) electrons. The fraction of sp³-hybridized carbons (Fsp3) is 0.611. The maximum absolute atomic E-state index is 12.4. The number of benzene rings is 1. The molecule has 1 fully saturated rings. The number of aryl methyl sites for hydroxylation is 1. The maximum atomic E-state index is 12.4. The van der Waals surface area contributed by atoms with E-state index in [4.69, 9.17) is 0 Å². The summed E-state index contributed by atoms with van der Waals surface area (Å²) >= 11 is 0. The van der Waals surface area contributed by atoms with Gasteiger partial charge in [-0.1, -0.05) is 18.6 Å². The number of piperidine rings is 1. The molecule has 1 unspecified atom stereocenters. The number of hydrogen-bond acceptors (Lipinski definition) is 4. The predicted octanol–water partition coefficient (Wildman–Crippen LogP) is 1.62. The summed E-state index contributed by atoms with van der Waals surface area (Å²) in [5, 5.41) is 2.90. The molecular weight excluding hydrogens is 338 g/mol. The second kappa shape index (κ2) is 8.67. The van der Waals surface area contributed by atoms with Crippen LogP contribution in [0.1, 0.15) is 31.2 Å². The number of hydrogen-bond donors (Lipinski definition) is 1. The fourth-order valence-corrected chi connectivity index (χ4v) is 4.27. The smallest absolute Gasteiger partial charge is 0.238 e. The van der Waals surface area contributed by atoms with E-state index in [9.17, 15) is 13.2 Å². The van der Waals surface area contributed by atoms with Crippen LogP contribution in [-0.2, 0) is 21.2 Å². The van der Waals surface area contributed by atoms with Gasteiger partial charge in [0.2, 0.25) is 15.9 Å². The lowest BCUT2D eigenvalue weighted by molar-refractivity contribution is -0.125. The lowest BCUT2D eigenvalue weighted by Gasteiger charge is -2.32. The van der Waals surface area contributed by atoms with Gasteiger partial charge in [0.05, 0.1) is 6.26 Å². The molecule has 0 saturated carbocycles. The SMILES string of the molecule is CN(C)c1ccc(CCCNC(=O)C2CCCCN2S(C)(=O)=O)cc1. The largest absolute Gasteiger partial charge is 0.378 e. The topological polar surface area (TPSA) is 69.7 Å². The van der Waals surface area contributed by atoms with Gasteiger partial charge in [0, 0.05) is 32.9 Å². The van der Waals surface area contributed by atoms with Crippen molar-refractivity contribution in [2.45, 2.75) is 38.1 Å². The maximum Gasteiger partial charge on any atom is 0.238 e. The van der Waals surface area contributed by atoms with Crippen molar-refractivity contribution in [1.29, 1.82) is 0 Å². The number of nitrogens with zero attached hydrogens (tertiary/aromatic N) is 2. The molecule has 0 aromatic heterocycles. The lowest BCUT2D eigenvalue weighted by atomic mass is 10.0. The molecule has 1 amide bonds. The van der Waals surface area contributed by atoms with Crippen LogP contribution in [0.3, 0.4) is 0 Å². The zero-order chi connectivity index (χ0) is 18.4. The molecule has 25 heavy (non-hydrogen) atoms. The molecule has 0 aliphatic carbocycles. The van der Waals surface area contributed by atoms with Gasteiger partial charge in [0.1, 0.15) is 6.04 Å². The van der Waals surface area contributed by atoms with Gasteiger partial charge in [-0.05, 0) is 43.4 Å². The number of rotatable bonds is 7. The molecule has 1 heterocycles. The number of anilines is 1. The summed E-state index contributed by atoms with van der Waals surface area (Å²) in [4.78, 5) is 14.4. The van der Waals surface area contributed by atoms with Gasteiger partial charge in [-0.25, -0.2) is 8.42 Å². The molecule has 1 atom stereocenters. The minimum absolute atomic E-state index is 0.173. The average Bonchev–Trinajstić information content (AvgIpc) is 2.58. The van der Waals surface area contributed by atoms with Crippen LogP contribution in [-0.4, -0.2) is 58.1 Å². The molecule has 7 heteroatoms. The molecule has 1 aliphatic rings. The molecule has 1 aromatic rings. The Balaban J connectivity index is 1.79. The zero-order valence-corrected chi connectivity index (χ0v) is 16.2. The van der Waals surface area contributed by atoms with E-state index in [2.05, 4.69) is 34.5 Å². The van der Waals surface area contributed by atoms with E-state index in [1.165, 1.54) is 16.1 Å². The summed E-state index contributed by atoms with van der Waals surface area (Å²) in [6.07, 6.45) is 5.20. The molecule has 0 bridgehead atoms. The van der Waals surface area contributed by atoms with Gasteiger partial charge in [0.15, 0.2) is 0 Å². The lowest BCUT2D eigenvalue weighted by Crippen LogP contribution is -2.51.